The molecule has 1 heteroatoms. The van der Waals surface area contributed by atoms with Crippen LogP contribution in [0.15, 0.2) is 48.6 Å². The number of rotatable bonds is 9. The molecule has 2 atom stereocenters. The van der Waals surface area contributed by atoms with Crippen molar-refractivity contribution in [1.29, 1.82) is 0 Å². The van der Waals surface area contributed by atoms with Gasteiger partial charge in [0, 0.05) is 11.3 Å². The summed E-state index contributed by atoms with van der Waals surface area (Å²) < 4.78 is 17.1. The van der Waals surface area contributed by atoms with Crippen molar-refractivity contribution in [3.05, 3.63) is 59.7 Å². The summed E-state index contributed by atoms with van der Waals surface area (Å²) in [7, 11) is 0. The monoisotopic (exact) mass is 408 g/mol. The lowest BCUT2D eigenvalue weighted by Crippen LogP contribution is -2.55. The minimum Gasteiger partial charge on any atom is -0.238 e. The lowest BCUT2D eigenvalue weighted by atomic mass is 9.46. The molecule has 0 nitrogen and oxygen atoms in total. The summed E-state index contributed by atoms with van der Waals surface area (Å²) in [5.74, 6) is -0.145. The van der Waals surface area contributed by atoms with Crippen molar-refractivity contribution in [1.82, 2.24) is 0 Å². The first-order valence-corrected chi connectivity index (χ1v) is 12.7. The van der Waals surface area contributed by atoms with Crippen LogP contribution < -0.4 is 0 Å². The second kappa shape index (κ2) is 9.01. The molecule has 2 unspecified atom stereocenters. The summed E-state index contributed by atoms with van der Waals surface area (Å²) in [5.41, 5.74) is 1.64. The molecule has 0 spiro atoms. The first-order chi connectivity index (χ1) is 14.6. The van der Waals surface area contributed by atoms with E-state index in [9.17, 15) is 0 Å². The van der Waals surface area contributed by atoms with Crippen LogP contribution in [0.5, 0.6) is 0 Å². The molecule has 0 N–H and O–H groups in total. The summed E-state index contributed by atoms with van der Waals surface area (Å²) >= 11 is 0. The predicted octanol–water partition coefficient (Wildman–Crippen LogP) is 8.87. The molecule has 0 saturated heterocycles. The number of hydrogen-bond acceptors (Lipinski definition) is 0. The second-order valence-electron chi connectivity index (χ2n) is 10.6. The molecule has 0 aliphatic heterocycles. The van der Waals surface area contributed by atoms with E-state index in [1.54, 1.807) is 0 Å². The van der Waals surface area contributed by atoms with Crippen molar-refractivity contribution in [3.63, 3.8) is 0 Å². The van der Waals surface area contributed by atoms with Crippen molar-refractivity contribution in [2.75, 3.05) is 0 Å². The van der Waals surface area contributed by atoms with E-state index in [2.05, 4.69) is 50.3 Å². The molecule has 4 aliphatic carbocycles. The second-order valence-corrected chi connectivity index (χ2v) is 10.6. The van der Waals surface area contributed by atoms with E-state index in [1.165, 1.54) is 63.4 Å². The summed E-state index contributed by atoms with van der Waals surface area (Å²) in [5, 5.41) is 0. The van der Waals surface area contributed by atoms with Gasteiger partial charge >= 0.3 is 0 Å². The van der Waals surface area contributed by atoms with Gasteiger partial charge in [0.25, 0.3) is 0 Å². The van der Waals surface area contributed by atoms with Crippen LogP contribution in [0.2, 0.25) is 0 Å². The molecular weight excluding hydrogens is 367 g/mol. The number of unbranched alkanes of at least 4 members (excludes halogenated alkanes) is 3. The smallest absolute Gasteiger partial charge is 0.145 e. The Labute approximate surface area is 184 Å². The molecule has 0 aromatic heterocycles. The Balaban J connectivity index is 1.52. The van der Waals surface area contributed by atoms with Crippen LogP contribution in [-0.2, 0) is 6.42 Å². The van der Waals surface area contributed by atoms with Gasteiger partial charge in [-0.2, -0.15) is 0 Å². The fourth-order valence-electron chi connectivity index (χ4n) is 6.71. The molecular formula is C29H41F. The minimum absolute atomic E-state index is 0.145. The minimum atomic E-state index is -1.25. The zero-order valence-corrected chi connectivity index (χ0v) is 19.3. The Morgan fingerprint density at radius 1 is 0.833 bits per heavy atom. The Morgan fingerprint density at radius 2 is 1.50 bits per heavy atom. The highest BCUT2D eigenvalue weighted by Crippen LogP contribution is 2.66. The van der Waals surface area contributed by atoms with Crippen molar-refractivity contribution in [3.8, 4) is 0 Å². The van der Waals surface area contributed by atoms with E-state index < -0.39 is 5.67 Å². The van der Waals surface area contributed by atoms with Crippen molar-refractivity contribution < 1.29 is 4.39 Å². The SMILES string of the molecule is CCCCCC12CCC(C3(F)C=CC=CC3c3ccc(CCCC)cc3)(CC1)CC2. The highest BCUT2D eigenvalue weighted by atomic mass is 19.1. The molecule has 4 aliphatic rings. The molecule has 5 rings (SSSR count). The molecule has 1 aromatic carbocycles. The number of fused-ring (bicyclic) bond motifs is 3. The van der Waals surface area contributed by atoms with Crippen LogP contribution in [-0.4, -0.2) is 5.67 Å². The first-order valence-electron chi connectivity index (χ1n) is 12.7. The van der Waals surface area contributed by atoms with Gasteiger partial charge in [0.1, 0.15) is 5.67 Å². The van der Waals surface area contributed by atoms with E-state index in [-0.39, 0.29) is 11.3 Å². The topological polar surface area (TPSA) is 0 Å². The Bertz CT molecular complexity index is 731. The van der Waals surface area contributed by atoms with Gasteiger partial charge in [0.2, 0.25) is 0 Å². The van der Waals surface area contributed by atoms with Crippen LogP contribution in [0.25, 0.3) is 0 Å². The average Bonchev–Trinajstić information content (AvgIpc) is 2.80. The molecule has 0 radical (unpaired) electrons. The number of aryl methyl sites for hydroxylation is 1. The third-order valence-corrected chi connectivity index (χ3v) is 8.89. The zero-order valence-electron chi connectivity index (χ0n) is 19.3. The van der Waals surface area contributed by atoms with E-state index in [4.69, 9.17) is 0 Å². The van der Waals surface area contributed by atoms with Crippen LogP contribution in [0.3, 0.4) is 0 Å². The standard InChI is InChI=1S/C29H41F/c1-3-5-8-16-27-18-21-28(22-19-27,23-20-27)29(30)17-9-7-11-26(29)25-14-12-24(13-15-25)10-6-4-2/h7,9,11-15,17,26H,3-6,8,10,16,18-23H2,1-2H3. The fourth-order valence-corrected chi connectivity index (χ4v) is 6.71. The van der Waals surface area contributed by atoms with Crippen LogP contribution in [0.1, 0.15) is 108 Å². The Hall–Kier alpha value is -1.37. The summed E-state index contributed by atoms with van der Waals surface area (Å²) in [6.45, 7) is 4.52. The highest BCUT2D eigenvalue weighted by molar-refractivity contribution is 5.40. The van der Waals surface area contributed by atoms with Gasteiger partial charge in [0.15, 0.2) is 0 Å². The number of alkyl halides is 1. The maximum Gasteiger partial charge on any atom is 0.145 e. The van der Waals surface area contributed by atoms with Crippen molar-refractivity contribution >= 4 is 0 Å². The van der Waals surface area contributed by atoms with Crippen LogP contribution >= 0.6 is 0 Å². The zero-order chi connectivity index (χ0) is 21.1. The van der Waals surface area contributed by atoms with Crippen LogP contribution in [0.4, 0.5) is 4.39 Å². The Kier molecular flexibility index (Phi) is 6.56. The largest absolute Gasteiger partial charge is 0.238 e. The fraction of sp³-hybridized carbons (Fsp3) is 0.655. The van der Waals surface area contributed by atoms with Gasteiger partial charge in [-0.3, -0.25) is 0 Å². The number of benzene rings is 1. The Morgan fingerprint density at radius 3 is 2.13 bits per heavy atom. The highest BCUT2D eigenvalue weighted by Gasteiger charge is 2.60. The maximum atomic E-state index is 17.1. The molecule has 3 saturated carbocycles. The molecule has 30 heavy (non-hydrogen) atoms. The third-order valence-electron chi connectivity index (χ3n) is 8.89. The summed E-state index contributed by atoms with van der Waals surface area (Å²) in [4.78, 5) is 0. The van der Waals surface area contributed by atoms with E-state index in [0.29, 0.717) is 5.41 Å². The van der Waals surface area contributed by atoms with Gasteiger partial charge in [-0.1, -0.05) is 82.0 Å². The summed E-state index contributed by atoms with van der Waals surface area (Å²) in [6.07, 6.45) is 24.0. The van der Waals surface area contributed by atoms with Crippen LogP contribution in [0, 0.1) is 10.8 Å². The summed E-state index contributed by atoms with van der Waals surface area (Å²) in [6, 6.07) is 8.86. The molecule has 3 fully saturated rings. The normalized spacial score (nSPS) is 35.1. The molecule has 1 aromatic rings. The van der Waals surface area contributed by atoms with Gasteiger partial charge in [0.05, 0.1) is 0 Å². The van der Waals surface area contributed by atoms with E-state index >= 15 is 4.39 Å². The predicted molar refractivity (Wildman–Crippen MR) is 127 cm³/mol. The lowest BCUT2D eigenvalue weighted by molar-refractivity contribution is -0.101. The quantitative estimate of drug-likeness (QED) is 0.358. The number of hydrogen-bond donors (Lipinski definition) is 0. The van der Waals surface area contributed by atoms with Crippen molar-refractivity contribution in [2.24, 2.45) is 10.8 Å². The van der Waals surface area contributed by atoms with Gasteiger partial charge in [-0.05, 0) is 80.4 Å². The first kappa shape index (κ1) is 21.8. The molecule has 2 bridgehead atoms. The van der Waals surface area contributed by atoms with E-state index in [0.717, 1.165) is 31.2 Å². The molecule has 0 amide bonds. The molecule has 0 heterocycles. The number of allylic oxidation sites excluding steroid dienone is 4. The average molecular weight is 409 g/mol. The van der Waals surface area contributed by atoms with Crippen molar-refractivity contribution in [2.45, 2.75) is 109 Å². The third kappa shape index (κ3) is 3.94. The van der Waals surface area contributed by atoms with Gasteiger partial charge in [-0.25, -0.2) is 4.39 Å². The van der Waals surface area contributed by atoms with Gasteiger partial charge < -0.3 is 0 Å². The van der Waals surface area contributed by atoms with Gasteiger partial charge in [-0.15, -0.1) is 0 Å². The molecule has 164 valence electrons. The number of halogens is 1. The lowest BCUT2D eigenvalue weighted by Gasteiger charge is -2.59. The maximum absolute atomic E-state index is 17.1. The van der Waals surface area contributed by atoms with E-state index in [1.807, 2.05) is 12.2 Å².